The predicted octanol–water partition coefficient (Wildman–Crippen LogP) is 1.03. The number of nitrogens with zero attached hydrogens (tertiary/aromatic N) is 1. The van der Waals surface area contributed by atoms with E-state index in [0.717, 1.165) is 0 Å². The number of urea groups is 1. The third-order valence-electron chi connectivity index (χ3n) is 3.41. The van der Waals surface area contributed by atoms with Crippen LogP contribution in [0.4, 0.5) is 10.5 Å². The molecule has 2 amide bonds. The molecule has 2 atom stereocenters. The molecule has 1 heterocycles. The monoisotopic (exact) mass is 294 g/mol. The van der Waals surface area contributed by atoms with Crippen LogP contribution in [0.15, 0.2) is 24.3 Å². The van der Waals surface area contributed by atoms with E-state index in [1.54, 1.807) is 19.1 Å². The van der Waals surface area contributed by atoms with E-state index in [4.69, 9.17) is 9.84 Å². The van der Waals surface area contributed by atoms with Gasteiger partial charge in [0.2, 0.25) is 0 Å². The molecule has 3 N–H and O–H groups in total. The molecular weight excluding hydrogens is 276 g/mol. The lowest BCUT2D eigenvalue weighted by atomic mass is 10.0. The number of benzene rings is 1. The molecule has 114 valence electrons. The van der Waals surface area contributed by atoms with Crippen molar-refractivity contribution in [1.29, 1.82) is 0 Å². The van der Waals surface area contributed by atoms with Crippen molar-refractivity contribution < 1.29 is 24.5 Å². The van der Waals surface area contributed by atoms with E-state index in [0.29, 0.717) is 12.2 Å². The number of hydrogen-bond donors (Lipinski definition) is 3. The van der Waals surface area contributed by atoms with Crippen LogP contribution in [0.25, 0.3) is 0 Å². The van der Waals surface area contributed by atoms with Gasteiger partial charge in [0.05, 0.1) is 19.3 Å². The summed E-state index contributed by atoms with van der Waals surface area (Å²) in [5.41, 5.74) is 0.542. The number of carboxylic acids is 1. The minimum Gasteiger partial charge on any atom is -0.508 e. The summed E-state index contributed by atoms with van der Waals surface area (Å²) in [7, 11) is 0. The van der Waals surface area contributed by atoms with Gasteiger partial charge in [-0.3, -0.25) is 9.69 Å². The SMILES string of the molecule is CCN(C(=O)NC1COCC1C(=O)O)c1cccc(O)c1. The molecule has 0 aliphatic carbocycles. The number of phenolic OH excluding ortho intramolecular Hbond substituents is 1. The molecule has 0 bridgehead atoms. The topological polar surface area (TPSA) is 99.1 Å². The average molecular weight is 294 g/mol. The molecule has 0 spiro atoms. The second kappa shape index (κ2) is 6.45. The number of phenols is 1. The van der Waals surface area contributed by atoms with Crippen LogP contribution >= 0.6 is 0 Å². The van der Waals surface area contributed by atoms with E-state index in [1.807, 2.05) is 0 Å². The summed E-state index contributed by atoms with van der Waals surface area (Å²) < 4.78 is 5.12. The highest BCUT2D eigenvalue weighted by molar-refractivity contribution is 5.92. The highest BCUT2D eigenvalue weighted by Crippen LogP contribution is 2.21. The maximum absolute atomic E-state index is 12.3. The zero-order valence-corrected chi connectivity index (χ0v) is 11.7. The summed E-state index contributed by atoms with van der Waals surface area (Å²) in [5.74, 6) is -1.67. The summed E-state index contributed by atoms with van der Waals surface area (Å²) in [6.45, 7) is 2.46. The zero-order chi connectivity index (χ0) is 15.4. The number of aromatic hydroxyl groups is 1. The Morgan fingerprint density at radius 2 is 2.19 bits per heavy atom. The molecule has 0 saturated carbocycles. The molecule has 1 saturated heterocycles. The number of amides is 2. The number of carbonyl (C=O) groups excluding carboxylic acids is 1. The third kappa shape index (κ3) is 3.43. The highest BCUT2D eigenvalue weighted by atomic mass is 16.5. The average Bonchev–Trinajstić information content (AvgIpc) is 2.88. The number of aliphatic carboxylic acids is 1. The molecule has 0 radical (unpaired) electrons. The first-order chi connectivity index (χ1) is 10.0. The molecule has 1 aromatic carbocycles. The van der Waals surface area contributed by atoms with Crippen LogP contribution in [0, 0.1) is 5.92 Å². The van der Waals surface area contributed by atoms with E-state index in [-0.39, 0.29) is 19.0 Å². The number of hydrogen-bond acceptors (Lipinski definition) is 4. The molecule has 7 heteroatoms. The van der Waals surface area contributed by atoms with Crippen molar-refractivity contribution in [3.63, 3.8) is 0 Å². The number of nitrogens with one attached hydrogen (secondary N) is 1. The van der Waals surface area contributed by atoms with Crippen LogP contribution in [0.1, 0.15) is 6.92 Å². The number of carboxylic acid groups (broad SMARTS) is 1. The van der Waals surface area contributed by atoms with Gasteiger partial charge >= 0.3 is 12.0 Å². The Morgan fingerprint density at radius 1 is 1.43 bits per heavy atom. The highest BCUT2D eigenvalue weighted by Gasteiger charge is 2.35. The molecule has 2 unspecified atom stereocenters. The first-order valence-electron chi connectivity index (χ1n) is 6.70. The van der Waals surface area contributed by atoms with Crippen molar-refractivity contribution in [3.8, 4) is 5.75 Å². The molecule has 21 heavy (non-hydrogen) atoms. The fourth-order valence-corrected chi connectivity index (χ4v) is 2.28. The number of carbonyl (C=O) groups is 2. The Hall–Kier alpha value is -2.28. The molecule has 0 aromatic heterocycles. The van der Waals surface area contributed by atoms with Gasteiger partial charge in [-0.25, -0.2) is 4.79 Å². The number of ether oxygens (including phenoxy) is 1. The van der Waals surface area contributed by atoms with Gasteiger partial charge in [-0.2, -0.15) is 0 Å². The van der Waals surface area contributed by atoms with Gasteiger partial charge in [0.15, 0.2) is 0 Å². The van der Waals surface area contributed by atoms with Gasteiger partial charge < -0.3 is 20.3 Å². The molecule has 1 aliphatic rings. The molecular formula is C14H18N2O5. The maximum Gasteiger partial charge on any atom is 0.322 e. The van der Waals surface area contributed by atoms with Crippen molar-refractivity contribution in [2.24, 2.45) is 5.92 Å². The van der Waals surface area contributed by atoms with Crippen molar-refractivity contribution in [1.82, 2.24) is 5.32 Å². The van der Waals surface area contributed by atoms with E-state index in [1.165, 1.54) is 17.0 Å². The van der Waals surface area contributed by atoms with E-state index in [2.05, 4.69) is 5.32 Å². The first kappa shape index (κ1) is 15.1. The van der Waals surface area contributed by atoms with Gasteiger partial charge in [-0.05, 0) is 19.1 Å². The standard InChI is InChI=1S/C14H18N2O5/c1-2-16(9-4-3-5-10(17)6-9)14(20)15-12-8-21-7-11(12)13(18)19/h3-6,11-12,17H,2,7-8H2,1H3,(H,15,20)(H,18,19). The number of rotatable bonds is 4. The van der Waals surface area contributed by atoms with Crippen LogP contribution in [0.5, 0.6) is 5.75 Å². The van der Waals surface area contributed by atoms with E-state index < -0.39 is 24.0 Å². The zero-order valence-electron chi connectivity index (χ0n) is 11.7. The normalized spacial score (nSPS) is 21.0. The largest absolute Gasteiger partial charge is 0.508 e. The molecule has 7 nitrogen and oxygen atoms in total. The predicted molar refractivity (Wildman–Crippen MR) is 75.4 cm³/mol. The Bertz CT molecular complexity index is 534. The lowest BCUT2D eigenvalue weighted by Crippen LogP contribution is -2.49. The van der Waals surface area contributed by atoms with Gasteiger partial charge in [-0.1, -0.05) is 6.07 Å². The maximum atomic E-state index is 12.3. The lowest BCUT2D eigenvalue weighted by Gasteiger charge is -2.24. The Balaban J connectivity index is 2.09. The first-order valence-corrected chi connectivity index (χ1v) is 6.70. The fraction of sp³-hybridized carbons (Fsp3) is 0.429. The Kier molecular flexibility index (Phi) is 4.64. The Labute approximate surface area is 122 Å². The molecule has 1 aromatic rings. The van der Waals surface area contributed by atoms with E-state index in [9.17, 15) is 14.7 Å². The molecule has 1 aliphatic heterocycles. The second-order valence-corrected chi connectivity index (χ2v) is 4.80. The van der Waals surface area contributed by atoms with Crippen molar-refractivity contribution >= 4 is 17.7 Å². The van der Waals surface area contributed by atoms with Crippen LogP contribution in [0.3, 0.4) is 0 Å². The van der Waals surface area contributed by atoms with Gasteiger partial charge in [0.25, 0.3) is 0 Å². The Morgan fingerprint density at radius 3 is 2.81 bits per heavy atom. The summed E-state index contributed by atoms with van der Waals surface area (Å²) in [4.78, 5) is 24.8. The summed E-state index contributed by atoms with van der Waals surface area (Å²) in [6, 6.07) is 5.36. The van der Waals surface area contributed by atoms with Crippen LogP contribution in [-0.2, 0) is 9.53 Å². The smallest absolute Gasteiger partial charge is 0.322 e. The number of anilines is 1. The third-order valence-corrected chi connectivity index (χ3v) is 3.41. The van der Waals surface area contributed by atoms with Crippen LogP contribution in [-0.4, -0.2) is 48.0 Å². The fourth-order valence-electron chi connectivity index (χ4n) is 2.28. The van der Waals surface area contributed by atoms with Gasteiger partial charge in [0.1, 0.15) is 11.7 Å². The summed E-state index contributed by atoms with van der Waals surface area (Å²) in [5, 5.41) is 21.2. The van der Waals surface area contributed by atoms with Crippen molar-refractivity contribution in [2.45, 2.75) is 13.0 Å². The summed E-state index contributed by atoms with van der Waals surface area (Å²) in [6.07, 6.45) is 0. The molecule has 1 fully saturated rings. The van der Waals surface area contributed by atoms with Crippen LogP contribution < -0.4 is 10.2 Å². The minimum atomic E-state index is -0.988. The lowest BCUT2D eigenvalue weighted by molar-refractivity contribution is -0.142. The van der Waals surface area contributed by atoms with E-state index >= 15 is 0 Å². The van der Waals surface area contributed by atoms with Gasteiger partial charge in [-0.15, -0.1) is 0 Å². The quantitative estimate of drug-likeness (QED) is 0.770. The molecule has 2 rings (SSSR count). The van der Waals surface area contributed by atoms with Gasteiger partial charge in [0, 0.05) is 18.3 Å². The van der Waals surface area contributed by atoms with Crippen molar-refractivity contribution in [2.75, 3.05) is 24.7 Å². The van der Waals surface area contributed by atoms with Crippen LogP contribution in [0.2, 0.25) is 0 Å². The second-order valence-electron chi connectivity index (χ2n) is 4.80. The minimum absolute atomic E-state index is 0.0614. The van der Waals surface area contributed by atoms with Crippen molar-refractivity contribution in [3.05, 3.63) is 24.3 Å². The summed E-state index contributed by atoms with van der Waals surface area (Å²) >= 11 is 0.